The third kappa shape index (κ3) is 2.65. The lowest BCUT2D eigenvalue weighted by Gasteiger charge is -2.08. The number of nitrogens with one attached hydrogen (secondary N) is 2. The van der Waals surface area contributed by atoms with Crippen molar-refractivity contribution in [3.05, 3.63) is 66.6 Å². The first-order chi connectivity index (χ1) is 11.7. The van der Waals surface area contributed by atoms with Crippen molar-refractivity contribution in [3.63, 3.8) is 0 Å². The molecule has 0 aliphatic heterocycles. The fourth-order valence-electron chi connectivity index (χ4n) is 2.57. The Morgan fingerprint density at radius 1 is 0.958 bits per heavy atom. The molecule has 0 bridgehead atoms. The van der Waals surface area contributed by atoms with Gasteiger partial charge in [0.25, 0.3) is 0 Å². The largest absolute Gasteiger partial charge is 0.382 e. The highest BCUT2D eigenvalue weighted by atomic mass is 19.1. The molecule has 2 aromatic carbocycles. The van der Waals surface area contributed by atoms with Crippen LogP contribution in [0.15, 0.2) is 60.8 Å². The van der Waals surface area contributed by atoms with E-state index < -0.39 is 0 Å². The summed E-state index contributed by atoms with van der Waals surface area (Å²) in [5, 5.41) is 10.9. The van der Waals surface area contributed by atoms with E-state index in [9.17, 15) is 4.39 Å². The van der Waals surface area contributed by atoms with Crippen molar-refractivity contribution in [1.29, 1.82) is 0 Å². The second-order valence-electron chi connectivity index (χ2n) is 5.43. The molecule has 0 unspecified atom stereocenters. The van der Waals surface area contributed by atoms with Crippen LogP contribution >= 0.6 is 0 Å². The van der Waals surface area contributed by atoms with Crippen LogP contribution in [0, 0.1) is 5.82 Å². The van der Waals surface area contributed by atoms with Gasteiger partial charge >= 0.3 is 0 Å². The highest BCUT2D eigenvalue weighted by molar-refractivity contribution is 5.92. The van der Waals surface area contributed by atoms with Crippen LogP contribution in [0.5, 0.6) is 0 Å². The van der Waals surface area contributed by atoms with Crippen LogP contribution in [0.25, 0.3) is 22.0 Å². The third-order valence-electron chi connectivity index (χ3n) is 3.80. The molecular formula is C18H14FN5. The predicted octanol–water partition coefficient (Wildman–Crippen LogP) is 4.09. The minimum atomic E-state index is -0.270. The Kier molecular flexibility index (Phi) is 3.35. The summed E-state index contributed by atoms with van der Waals surface area (Å²) in [6.07, 6.45) is 1.73. The molecule has 24 heavy (non-hydrogen) atoms. The van der Waals surface area contributed by atoms with Crippen LogP contribution in [-0.4, -0.2) is 15.2 Å². The monoisotopic (exact) mass is 319 g/mol. The minimum Gasteiger partial charge on any atom is -0.382 e. The number of pyridine rings is 1. The van der Waals surface area contributed by atoms with Gasteiger partial charge in [-0.25, -0.2) is 9.37 Å². The Bertz CT molecular complexity index is 1010. The van der Waals surface area contributed by atoms with Gasteiger partial charge in [-0.3, -0.25) is 5.10 Å². The zero-order valence-electron chi connectivity index (χ0n) is 12.6. The molecule has 0 saturated heterocycles. The quantitative estimate of drug-likeness (QED) is 0.531. The van der Waals surface area contributed by atoms with Gasteiger partial charge in [-0.15, -0.1) is 0 Å². The normalized spacial score (nSPS) is 10.9. The van der Waals surface area contributed by atoms with E-state index in [1.807, 2.05) is 30.3 Å². The molecule has 2 heterocycles. The Labute approximate surface area is 137 Å². The fraction of sp³-hybridized carbons (Fsp3) is 0. The Balaban J connectivity index is 1.68. The first-order valence-corrected chi connectivity index (χ1v) is 7.42. The standard InChI is InChI=1S/C18H14FN5/c19-13-2-4-14(5-3-13)22-17-10-12(7-8-21-17)11-1-6-16-15(9-11)18(20)24-23-16/h1-10H,(H,21,22)(H3,20,23,24). The third-order valence-corrected chi connectivity index (χ3v) is 3.80. The fourth-order valence-corrected chi connectivity index (χ4v) is 2.57. The van der Waals surface area contributed by atoms with Gasteiger partial charge in [0.1, 0.15) is 11.6 Å². The minimum absolute atomic E-state index is 0.270. The zero-order chi connectivity index (χ0) is 16.5. The maximum Gasteiger partial charge on any atom is 0.153 e. The number of fused-ring (bicyclic) bond motifs is 1. The number of nitrogen functional groups attached to an aromatic ring is 1. The number of H-pyrrole nitrogens is 1. The van der Waals surface area contributed by atoms with E-state index in [-0.39, 0.29) is 5.82 Å². The van der Waals surface area contributed by atoms with Crippen molar-refractivity contribution in [3.8, 4) is 11.1 Å². The second-order valence-corrected chi connectivity index (χ2v) is 5.43. The summed E-state index contributed by atoms with van der Waals surface area (Å²) >= 11 is 0. The number of benzene rings is 2. The molecule has 118 valence electrons. The van der Waals surface area contributed by atoms with Crippen molar-refractivity contribution >= 4 is 28.2 Å². The number of aromatic amines is 1. The Morgan fingerprint density at radius 2 is 1.75 bits per heavy atom. The summed E-state index contributed by atoms with van der Waals surface area (Å²) < 4.78 is 13.0. The average molecular weight is 319 g/mol. The summed E-state index contributed by atoms with van der Waals surface area (Å²) in [4.78, 5) is 4.30. The number of hydrogen-bond donors (Lipinski definition) is 3. The average Bonchev–Trinajstić information content (AvgIpc) is 2.98. The molecule has 0 aliphatic rings. The lowest BCUT2D eigenvalue weighted by molar-refractivity contribution is 0.628. The van der Waals surface area contributed by atoms with Crippen LogP contribution in [0.2, 0.25) is 0 Å². The van der Waals surface area contributed by atoms with Gasteiger partial charge < -0.3 is 11.1 Å². The van der Waals surface area contributed by atoms with Gasteiger partial charge in [-0.2, -0.15) is 5.10 Å². The maximum absolute atomic E-state index is 13.0. The number of nitrogens with zero attached hydrogens (tertiary/aromatic N) is 2. The van der Waals surface area contributed by atoms with Crippen LogP contribution in [0.1, 0.15) is 0 Å². The molecule has 0 fully saturated rings. The van der Waals surface area contributed by atoms with Gasteiger partial charge in [0.2, 0.25) is 0 Å². The molecule has 4 rings (SSSR count). The van der Waals surface area contributed by atoms with E-state index in [0.29, 0.717) is 11.6 Å². The summed E-state index contributed by atoms with van der Waals surface area (Å²) in [6, 6.07) is 15.9. The molecule has 4 N–H and O–H groups in total. The predicted molar refractivity (Wildman–Crippen MR) is 93.4 cm³/mol. The highest BCUT2D eigenvalue weighted by Gasteiger charge is 2.06. The second kappa shape index (κ2) is 5.66. The van der Waals surface area contributed by atoms with Crippen LogP contribution in [-0.2, 0) is 0 Å². The number of halogens is 1. The van der Waals surface area contributed by atoms with Gasteiger partial charge in [0, 0.05) is 17.3 Å². The van der Waals surface area contributed by atoms with Gasteiger partial charge in [-0.1, -0.05) is 6.07 Å². The Morgan fingerprint density at radius 3 is 2.58 bits per heavy atom. The maximum atomic E-state index is 13.0. The molecule has 2 aromatic heterocycles. The van der Waals surface area contributed by atoms with E-state index in [4.69, 9.17) is 5.73 Å². The molecule has 6 heteroatoms. The van der Waals surface area contributed by atoms with E-state index in [1.54, 1.807) is 18.3 Å². The molecule has 4 aromatic rings. The van der Waals surface area contributed by atoms with Crippen molar-refractivity contribution in [1.82, 2.24) is 15.2 Å². The van der Waals surface area contributed by atoms with E-state index in [2.05, 4.69) is 20.5 Å². The van der Waals surface area contributed by atoms with Gasteiger partial charge in [-0.05, 0) is 59.7 Å². The number of hydrogen-bond acceptors (Lipinski definition) is 4. The lowest BCUT2D eigenvalue weighted by atomic mass is 10.0. The topological polar surface area (TPSA) is 79.6 Å². The van der Waals surface area contributed by atoms with Crippen LogP contribution in [0.3, 0.4) is 0 Å². The molecule has 5 nitrogen and oxygen atoms in total. The molecule has 0 radical (unpaired) electrons. The molecule has 0 saturated carbocycles. The molecular weight excluding hydrogens is 305 g/mol. The number of nitrogens with two attached hydrogens (primary N) is 1. The number of aromatic nitrogens is 3. The first kappa shape index (κ1) is 14.2. The smallest absolute Gasteiger partial charge is 0.153 e. The number of anilines is 3. The summed E-state index contributed by atoms with van der Waals surface area (Å²) in [7, 11) is 0. The lowest BCUT2D eigenvalue weighted by Crippen LogP contribution is -1.93. The van der Waals surface area contributed by atoms with Crippen molar-refractivity contribution < 1.29 is 4.39 Å². The van der Waals surface area contributed by atoms with Gasteiger partial charge in [0.05, 0.1) is 5.52 Å². The molecule has 0 aliphatic carbocycles. The van der Waals surface area contributed by atoms with Crippen LogP contribution in [0.4, 0.5) is 21.7 Å². The van der Waals surface area contributed by atoms with E-state index in [1.165, 1.54) is 12.1 Å². The van der Waals surface area contributed by atoms with E-state index in [0.717, 1.165) is 27.7 Å². The van der Waals surface area contributed by atoms with Crippen molar-refractivity contribution in [2.45, 2.75) is 0 Å². The van der Waals surface area contributed by atoms with Crippen molar-refractivity contribution in [2.75, 3.05) is 11.1 Å². The highest BCUT2D eigenvalue weighted by Crippen LogP contribution is 2.27. The molecule has 0 amide bonds. The SMILES string of the molecule is Nc1n[nH]c2ccc(-c3ccnc(Nc4ccc(F)cc4)c3)cc12. The molecule has 0 spiro atoms. The summed E-state index contributed by atoms with van der Waals surface area (Å²) in [5.74, 6) is 0.887. The van der Waals surface area contributed by atoms with Crippen molar-refractivity contribution in [2.24, 2.45) is 0 Å². The van der Waals surface area contributed by atoms with Gasteiger partial charge in [0.15, 0.2) is 5.82 Å². The number of rotatable bonds is 3. The summed E-state index contributed by atoms with van der Waals surface area (Å²) in [5.41, 5.74) is 9.55. The Hall–Kier alpha value is -3.41. The summed E-state index contributed by atoms with van der Waals surface area (Å²) in [6.45, 7) is 0. The zero-order valence-corrected chi connectivity index (χ0v) is 12.6. The van der Waals surface area contributed by atoms with E-state index >= 15 is 0 Å². The van der Waals surface area contributed by atoms with Crippen LogP contribution < -0.4 is 11.1 Å². The first-order valence-electron chi connectivity index (χ1n) is 7.42. The molecule has 0 atom stereocenters.